The lowest BCUT2D eigenvalue weighted by Crippen LogP contribution is -2.59. The average molecular weight is 739 g/mol. The van der Waals surface area contributed by atoms with Gasteiger partial charge in [0.15, 0.2) is 0 Å². The van der Waals surface area contributed by atoms with E-state index in [1.54, 1.807) is 0 Å². The van der Waals surface area contributed by atoms with Crippen molar-refractivity contribution < 1.29 is 50.3 Å². The van der Waals surface area contributed by atoms with Crippen molar-refractivity contribution in [2.45, 2.75) is 99.6 Å². The highest BCUT2D eigenvalue weighted by molar-refractivity contribution is 7.91. The smallest absolute Gasteiger partial charge is 0.410 e. The van der Waals surface area contributed by atoms with Crippen LogP contribution in [-0.4, -0.2) is 108 Å². The van der Waals surface area contributed by atoms with Crippen LogP contribution >= 0.6 is 0 Å². The van der Waals surface area contributed by atoms with E-state index in [2.05, 4.69) is 17.2 Å². The normalized spacial score (nSPS) is 28.7. The first-order chi connectivity index (χ1) is 24.0. The van der Waals surface area contributed by atoms with Crippen LogP contribution in [0.25, 0.3) is 0 Å². The molecular weight excluding hydrogens is 697 g/mol. The van der Waals surface area contributed by atoms with Gasteiger partial charge in [0.1, 0.15) is 23.7 Å². The average Bonchev–Trinajstić information content (AvgIpc) is 3.95. The van der Waals surface area contributed by atoms with Gasteiger partial charge < -0.3 is 25.2 Å². The number of fused-ring (bicyclic) bond motifs is 3. The van der Waals surface area contributed by atoms with Gasteiger partial charge in [-0.25, -0.2) is 18.0 Å². The Balaban J connectivity index is 1.29. The molecule has 18 heteroatoms. The Morgan fingerprint density at radius 3 is 2.53 bits per heavy atom. The fourth-order valence-electron chi connectivity index (χ4n) is 7.12. The van der Waals surface area contributed by atoms with Gasteiger partial charge in [0, 0.05) is 39.0 Å². The standard InChI is InChI=1S/C33H41F3N6O8S/c1-3-21-14-32(21,29(45)39-51(48,49)23-10-11-23)38-27(43)26-13-22-17-42(26)28(44)25(15-33(34,35)36)37-30(46)40(2)12-5-4-7-19-8-6-9-20-16-41(18-24(19)20)31(47)50-22/h3,6,8-9,21-23,25-26H,1,4-5,7,10-18H2,2H3,(H,37,46)(H,38,43)(H,39,45)/t21-,22+,25-,26-,32+/m0/s1. The third-order valence-corrected chi connectivity index (χ3v) is 12.1. The minimum Gasteiger partial charge on any atom is -0.444 e. The summed E-state index contributed by atoms with van der Waals surface area (Å²) in [6, 6.07) is 1.16. The fraction of sp³-hybridized carbons (Fsp3) is 0.606. The molecule has 0 spiro atoms. The molecule has 3 heterocycles. The molecule has 0 unspecified atom stereocenters. The summed E-state index contributed by atoms with van der Waals surface area (Å²) in [7, 11) is -2.60. The Bertz CT molecular complexity index is 1740. The van der Waals surface area contributed by atoms with Crippen LogP contribution in [0.15, 0.2) is 30.9 Å². The highest BCUT2D eigenvalue weighted by atomic mass is 32.2. The number of halogens is 3. The monoisotopic (exact) mass is 738 g/mol. The van der Waals surface area contributed by atoms with Crippen molar-refractivity contribution in [3.05, 3.63) is 47.5 Å². The first-order valence-electron chi connectivity index (χ1n) is 17.0. The molecule has 4 bridgehead atoms. The number of aryl methyl sites for hydroxylation is 1. The van der Waals surface area contributed by atoms with E-state index in [-0.39, 0.29) is 32.5 Å². The molecule has 1 aromatic rings. The van der Waals surface area contributed by atoms with Crippen molar-refractivity contribution >= 4 is 39.9 Å². The Kier molecular flexibility index (Phi) is 9.75. The quantitative estimate of drug-likeness (QED) is 0.357. The molecule has 3 N–H and O–H groups in total. The van der Waals surface area contributed by atoms with Gasteiger partial charge in [0.25, 0.3) is 5.91 Å². The molecule has 3 aliphatic heterocycles. The number of hydrogen-bond acceptors (Lipinski definition) is 8. The molecule has 14 nitrogen and oxygen atoms in total. The van der Waals surface area contributed by atoms with Crippen LogP contribution in [0.2, 0.25) is 0 Å². The number of ether oxygens (including phenoxy) is 1. The molecule has 1 aromatic carbocycles. The van der Waals surface area contributed by atoms with Crippen LogP contribution in [0.1, 0.15) is 61.6 Å². The predicted molar refractivity (Wildman–Crippen MR) is 174 cm³/mol. The molecule has 3 fully saturated rings. The van der Waals surface area contributed by atoms with E-state index in [4.69, 9.17) is 4.74 Å². The third kappa shape index (κ3) is 7.79. The van der Waals surface area contributed by atoms with E-state index in [0.29, 0.717) is 32.1 Å². The first-order valence-corrected chi connectivity index (χ1v) is 18.5. The summed E-state index contributed by atoms with van der Waals surface area (Å²) in [6.45, 7) is 3.87. The van der Waals surface area contributed by atoms with Crippen LogP contribution in [0.5, 0.6) is 0 Å². The number of amides is 6. The van der Waals surface area contributed by atoms with Crippen molar-refractivity contribution in [2.24, 2.45) is 5.92 Å². The summed E-state index contributed by atoms with van der Waals surface area (Å²) in [5.74, 6) is -3.88. The first kappa shape index (κ1) is 36.4. The number of urea groups is 1. The van der Waals surface area contributed by atoms with Crippen LogP contribution < -0.4 is 15.4 Å². The van der Waals surface area contributed by atoms with Gasteiger partial charge in [-0.2, -0.15) is 13.2 Å². The lowest BCUT2D eigenvalue weighted by atomic mass is 9.99. The molecular formula is C33H41F3N6O8S. The summed E-state index contributed by atoms with van der Waals surface area (Å²) in [5, 5.41) is 3.99. The molecule has 51 heavy (non-hydrogen) atoms. The van der Waals surface area contributed by atoms with Gasteiger partial charge in [-0.05, 0) is 55.2 Å². The lowest BCUT2D eigenvalue weighted by Gasteiger charge is -2.31. The highest BCUT2D eigenvalue weighted by Crippen LogP contribution is 2.45. The topological polar surface area (TPSA) is 175 Å². The van der Waals surface area contributed by atoms with Crippen molar-refractivity contribution in [3.8, 4) is 0 Å². The van der Waals surface area contributed by atoms with Crippen molar-refractivity contribution in [1.29, 1.82) is 0 Å². The highest BCUT2D eigenvalue weighted by Gasteiger charge is 2.62. The van der Waals surface area contributed by atoms with Crippen molar-refractivity contribution in [3.63, 3.8) is 0 Å². The number of benzene rings is 1. The molecule has 0 radical (unpaired) electrons. The third-order valence-electron chi connectivity index (χ3n) is 10.3. The number of nitrogens with one attached hydrogen (secondary N) is 3. The number of alkyl halides is 3. The maximum absolute atomic E-state index is 14.0. The Labute approximate surface area is 293 Å². The molecule has 2 saturated carbocycles. The minimum absolute atomic E-state index is 0.00998. The largest absolute Gasteiger partial charge is 0.444 e. The summed E-state index contributed by atoms with van der Waals surface area (Å²) < 4.78 is 74.4. The molecule has 6 amide bonds. The van der Waals surface area contributed by atoms with E-state index in [9.17, 15) is 45.6 Å². The maximum atomic E-state index is 14.0. The van der Waals surface area contributed by atoms with Crippen molar-refractivity contribution in [1.82, 2.24) is 30.1 Å². The maximum Gasteiger partial charge on any atom is 0.410 e. The summed E-state index contributed by atoms with van der Waals surface area (Å²) in [5.41, 5.74) is 1.20. The fourth-order valence-corrected chi connectivity index (χ4v) is 8.49. The van der Waals surface area contributed by atoms with Crippen LogP contribution in [-0.2, 0) is 48.7 Å². The van der Waals surface area contributed by atoms with E-state index >= 15 is 0 Å². The van der Waals surface area contributed by atoms with E-state index < -0.39 is 93.9 Å². The van der Waals surface area contributed by atoms with Gasteiger partial charge in [-0.1, -0.05) is 24.3 Å². The van der Waals surface area contributed by atoms with Gasteiger partial charge in [0.2, 0.25) is 21.8 Å². The second-order valence-corrected chi connectivity index (χ2v) is 16.0. The van der Waals surface area contributed by atoms with Crippen LogP contribution in [0, 0.1) is 5.92 Å². The molecule has 1 saturated heterocycles. The second kappa shape index (κ2) is 13.7. The van der Waals surface area contributed by atoms with Crippen LogP contribution in [0.4, 0.5) is 22.8 Å². The van der Waals surface area contributed by atoms with Gasteiger partial charge in [0.05, 0.1) is 18.2 Å². The zero-order valence-corrected chi connectivity index (χ0v) is 28.9. The SMILES string of the molecule is C=C[C@H]1C[C@]1(NC(=O)[C@@H]1C[C@@H]2CN1C(=O)[C@H](CC(F)(F)F)NC(=O)N(C)CCCCc1cccc3c1CN(C3)C(=O)O2)C(=O)NS(=O)(=O)C1CC1. The summed E-state index contributed by atoms with van der Waals surface area (Å²) in [6.07, 6.45) is -4.94. The Morgan fingerprint density at radius 2 is 1.86 bits per heavy atom. The Hall–Kier alpha value is -4.35. The van der Waals surface area contributed by atoms with Gasteiger partial charge >= 0.3 is 18.3 Å². The molecule has 278 valence electrons. The number of carbonyl (C=O) groups is 5. The van der Waals surface area contributed by atoms with Gasteiger partial charge in [-0.3, -0.25) is 24.0 Å². The number of nitrogens with zero attached hydrogens (tertiary/aromatic N) is 3. The molecule has 2 aliphatic carbocycles. The summed E-state index contributed by atoms with van der Waals surface area (Å²) in [4.78, 5) is 71.2. The Morgan fingerprint density at radius 1 is 1.14 bits per heavy atom. The second-order valence-electron chi connectivity index (χ2n) is 14.0. The zero-order valence-electron chi connectivity index (χ0n) is 28.0. The molecule has 6 rings (SSSR count). The predicted octanol–water partition coefficient (Wildman–Crippen LogP) is 2.08. The number of carbonyl (C=O) groups excluding carboxylic acids is 5. The van der Waals surface area contributed by atoms with E-state index in [0.717, 1.165) is 21.6 Å². The van der Waals surface area contributed by atoms with E-state index in [1.807, 2.05) is 22.9 Å². The van der Waals surface area contributed by atoms with E-state index in [1.165, 1.54) is 22.9 Å². The minimum atomic E-state index is -4.89. The number of rotatable bonds is 7. The van der Waals surface area contributed by atoms with Crippen molar-refractivity contribution in [2.75, 3.05) is 20.1 Å². The summed E-state index contributed by atoms with van der Waals surface area (Å²) >= 11 is 0. The molecule has 5 aliphatic rings. The molecule has 0 aromatic heterocycles. The van der Waals surface area contributed by atoms with Crippen LogP contribution in [0.3, 0.4) is 0 Å². The number of hydrogen-bond donors (Lipinski definition) is 3. The lowest BCUT2D eigenvalue weighted by molar-refractivity contribution is -0.155. The number of sulfonamides is 1. The van der Waals surface area contributed by atoms with Gasteiger partial charge in [-0.15, -0.1) is 6.58 Å². The molecule has 5 atom stereocenters. The zero-order chi connectivity index (χ0) is 36.9.